The van der Waals surface area contributed by atoms with Gasteiger partial charge in [0.1, 0.15) is 10.8 Å². The zero-order chi connectivity index (χ0) is 10.8. The Labute approximate surface area is 108 Å². The van der Waals surface area contributed by atoms with Gasteiger partial charge >= 0.3 is 0 Å². The number of hydrogen-bond donors (Lipinski definition) is 0. The van der Waals surface area contributed by atoms with E-state index in [1.54, 1.807) is 12.1 Å². The van der Waals surface area contributed by atoms with E-state index in [4.69, 9.17) is 34.8 Å². The topological polar surface area (TPSA) is 38.1 Å². The summed E-state index contributed by atoms with van der Waals surface area (Å²) < 4.78 is 4.52. The Morgan fingerprint density at radius 1 is 1.13 bits per heavy atom. The fourth-order valence-electron chi connectivity index (χ4n) is 0.822. The number of aromatic nitrogens is 2. The molecule has 0 atom stereocenters. The molecule has 0 fully saturated rings. The van der Waals surface area contributed by atoms with E-state index in [9.17, 15) is 0 Å². The van der Waals surface area contributed by atoms with Gasteiger partial charge in [-0.05, 0) is 22.5 Å². The highest BCUT2D eigenvalue weighted by molar-refractivity contribution is 7.66. The molecule has 78 valence electrons. The summed E-state index contributed by atoms with van der Waals surface area (Å²) in [5, 5.41) is 0.949. The van der Waals surface area contributed by atoms with E-state index in [0.717, 1.165) is 0 Å². The average molecular weight is 299 g/mol. The summed E-state index contributed by atoms with van der Waals surface area (Å²) in [5.41, 5.74) is 0.527. The van der Waals surface area contributed by atoms with Gasteiger partial charge < -0.3 is 0 Å². The van der Waals surface area contributed by atoms with Gasteiger partial charge in [-0.3, -0.25) is 0 Å². The second-order valence-corrected chi connectivity index (χ2v) is 5.34. The molecule has 0 saturated heterocycles. The Bertz CT molecular complexity index is 548. The minimum absolute atomic E-state index is 0.247. The summed E-state index contributed by atoms with van der Waals surface area (Å²) in [6.45, 7) is 0. The second kappa shape index (κ2) is 4.76. The van der Waals surface area contributed by atoms with Crippen molar-refractivity contribution in [3.05, 3.63) is 32.3 Å². The van der Waals surface area contributed by atoms with Crippen LogP contribution in [0.2, 0.25) is 15.5 Å². The third-order valence-corrected chi connectivity index (χ3v) is 4.09. The van der Waals surface area contributed by atoms with Crippen molar-refractivity contribution < 1.29 is 0 Å². The molecule has 0 spiro atoms. The van der Waals surface area contributed by atoms with Crippen molar-refractivity contribution in [3.8, 4) is 0 Å². The summed E-state index contributed by atoms with van der Waals surface area (Å²) in [7, 11) is 2.64. The molecule has 0 N–H and O–H groups in total. The molecule has 0 saturated carbocycles. The van der Waals surface area contributed by atoms with E-state index in [0.29, 0.717) is 20.7 Å². The van der Waals surface area contributed by atoms with Crippen LogP contribution in [0.1, 0.15) is 0 Å². The maximum absolute atomic E-state index is 5.85. The molecule has 2 aromatic rings. The first-order chi connectivity index (χ1) is 7.16. The van der Waals surface area contributed by atoms with Crippen LogP contribution in [0.4, 0.5) is 5.69 Å². The maximum Gasteiger partial charge on any atom is 0.179 e. The molecule has 0 aliphatic rings. The highest BCUT2D eigenvalue weighted by Gasteiger charge is 2.03. The van der Waals surface area contributed by atoms with Crippen LogP contribution in [-0.2, 0) is 0 Å². The molecule has 8 heteroatoms. The molecule has 2 heterocycles. The highest BCUT2D eigenvalue weighted by Crippen LogP contribution is 2.24. The Balaban J connectivity index is 2.53. The highest BCUT2D eigenvalue weighted by atomic mass is 35.5. The summed E-state index contributed by atoms with van der Waals surface area (Å²) >= 11 is 17.3. The van der Waals surface area contributed by atoms with Crippen molar-refractivity contribution in [2.24, 2.45) is 4.99 Å². The summed E-state index contributed by atoms with van der Waals surface area (Å²) in [6, 6.07) is 3.29. The third kappa shape index (κ3) is 2.68. The van der Waals surface area contributed by atoms with E-state index in [1.165, 1.54) is 20.9 Å². The van der Waals surface area contributed by atoms with Crippen LogP contribution in [-0.4, -0.2) is 9.36 Å². The van der Waals surface area contributed by atoms with Gasteiger partial charge in [0, 0.05) is 10.5 Å². The van der Waals surface area contributed by atoms with Gasteiger partial charge in [0.05, 0.1) is 0 Å². The number of halogens is 3. The average Bonchev–Trinajstić information content (AvgIpc) is 2.57. The Hall–Kier alpha value is -0.200. The van der Waals surface area contributed by atoms with Gasteiger partial charge in [0.15, 0.2) is 15.0 Å². The van der Waals surface area contributed by atoms with Crippen LogP contribution in [0, 0.1) is 0 Å². The normalized spacial score (nSPS) is 12.1. The van der Waals surface area contributed by atoms with E-state index in [-0.39, 0.29) is 5.15 Å². The minimum atomic E-state index is 0.247. The van der Waals surface area contributed by atoms with E-state index < -0.39 is 0 Å². The molecule has 2 rings (SSSR count). The lowest BCUT2D eigenvalue weighted by molar-refractivity contribution is 1.28. The standard InChI is InChI=1S/C7H2Cl3N3S2/c8-4-2-1-3(5(9)12-4)11-7-6(10)13-15-14-7/h1-2H. The van der Waals surface area contributed by atoms with Gasteiger partial charge in [0.25, 0.3) is 0 Å². The molecule has 15 heavy (non-hydrogen) atoms. The molecule has 2 aromatic heterocycles. The first-order valence-electron chi connectivity index (χ1n) is 3.65. The van der Waals surface area contributed by atoms with Crippen LogP contribution in [0.5, 0.6) is 0 Å². The summed E-state index contributed by atoms with van der Waals surface area (Å²) in [5.74, 6) is 0. The van der Waals surface area contributed by atoms with Gasteiger partial charge in [-0.2, -0.15) is 4.37 Å². The van der Waals surface area contributed by atoms with Crippen LogP contribution in [0.3, 0.4) is 0 Å². The van der Waals surface area contributed by atoms with Crippen molar-refractivity contribution in [1.29, 1.82) is 0 Å². The van der Waals surface area contributed by atoms with Crippen molar-refractivity contribution >= 4 is 61.4 Å². The zero-order valence-electron chi connectivity index (χ0n) is 6.95. The predicted molar refractivity (Wildman–Crippen MR) is 64.5 cm³/mol. The molecular formula is C7H2Cl3N3S2. The smallest absolute Gasteiger partial charge is 0.179 e. The van der Waals surface area contributed by atoms with E-state index in [1.807, 2.05) is 0 Å². The lowest BCUT2D eigenvalue weighted by Crippen LogP contribution is -1.93. The van der Waals surface area contributed by atoms with Crippen LogP contribution in [0.25, 0.3) is 0 Å². The van der Waals surface area contributed by atoms with Gasteiger partial charge in [-0.1, -0.05) is 34.8 Å². The molecule has 0 unspecified atom stereocenters. The van der Waals surface area contributed by atoms with Crippen LogP contribution in [0.15, 0.2) is 17.1 Å². The molecule has 0 aliphatic carbocycles. The third-order valence-electron chi connectivity index (χ3n) is 1.43. The number of nitrogens with zero attached hydrogens (tertiary/aromatic N) is 3. The van der Waals surface area contributed by atoms with E-state index >= 15 is 0 Å². The largest absolute Gasteiger partial charge is 0.231 e. The number of rotatable bonds is 1. The number of hydrogen-bond acceptors (Lipinski definition) is 5. The first kappa shape index (κ1) is 11.3. The molecule has 0 aromatic carbocycles. The Morgan fingerprint density at radius 2 is 1.93 bits per heavy atom. The Kier molecular flexibility index (Phi) is 3.58. The van der Waals surface area contributed by atoms with Crippen LogP contribution >= 0.6 is 55.7 Å². The SMILES string of the molecule is Clc1ccc(N=c2ssnc2Cl)c(Cl)n1. The fraction of sp³-hybridized carbons (Fsp3) is 0. The molecular weight excluding hydrogens is 297 g/mol. The molecule has 0 aliphatic heterocycles. The molecule has 3 nitrogen and oxygen atoms in total. The first-order valence-corrected chi connectivity index (χ1v) is 6.89. The van der Waals surface area contributed by atoms with E-state index in [2.05, 4.69) is 14.3 Å². The zero-order valence-corrected chi connectivity index (χ0v) is 10.8. The minimum Gasteiger partial charge on any atom is -0.231 e. The Morgan fingerprint density at radius 3 is 2.53 bits per heavy atom. The quantitative estimate of drug-likeness (QED) is 0.593. The van der Waals surface area contributed by atoms with Gasteiger partial charge in [0.2, 0.25) is 0 Å². The van der Waals surface area contributed by atoms with Crippen LogP contribution < -0.4 is 4.67 Å². The maximum atomic E-state index is 5.85. The second-order valence-electron chi connectivity index (χ2n) is 2.40. The molecule has 0 radical (unpaired) electrons. The summed E-state index contributed by atoms with van der Waals surface area (Å²) in [6.07, 6.45) is 0. The molecule has 0 amide bonds. The van der Waals surface area contributed by atoms with Crippen molar-refractivity contribution in [3.63, 3.8) is 0 Å². The van der Waals surface area contributed by atoms with Gasteiger partial charge in [-0.25, -0.2) is 9.98 Å². The predicted octanol–water partition coefficient (Wildman–Crippen LogP) is 3.79. The van der Waals surface area contributed by atoms with Gasteiger partial charge in [-0.15, -0.1) is 0 Å². The fourth-order valence-corrected chi connectivity index (χ4v) is 3.19. The molecule has 0 bridgehead atoms. The number of pyridine rings is 1. The monoisotopic (exact) mass is 297 g/mol. The summed E-state index contributed by atoms with van der Waals surface area (Å²) in [4.78, 5) is 8.09. The lowest BCUT2D eigenvalue weighted by atomic mass is 10.4. The van der Waals surface area contributed by atoms with Crippen molar-refractivity contribution in [2.45, 2.75) is 0 Å². The van der Waals surface area contributed by atoms with Crippen molar-refractivity contribution in [2.75, 3.05) is 0 Å². The lowest BCUT2D eigenvalue weighted by Gasteiger charge is -1.95. The van der Waals surface area contributed by atoms with Crippen molar-refractivity contribution in [1.82, 2.24) is 9.36 Å².